The van der Waals surface area contributed by atoms with E-state index in [1.165, 1.54) is 23.5 Å². The molecule has 2 amide bonds. The zero-order chi connectivity index (χ0) is 23.0. The van der Waals surface area contributed by atoms with Crippen molar-refractivity contribution in [3.63, 3.8) is 0 Å². The topological polar surface area (TPSA) is 130 Å². The van der Waals surface area contributed by atoms with Crippen molar-refractivity contribution in [1.82, 2.24) is 15.8 Å². The quantitative estimate of drug-likeness (QED) is 0.261. The fourth-order valence-corrected chi connectivity index (χ4v) is 4.27. The molecule has 1 heterocycles. The number of rotatable bonds is 10. The van der Waals surface area contributed by atoms with Gasteiger partial charge < -0.3 is 5.32 Å². The van der Waals surface area contributed by atoms with Crippen LogP contribution >= 0.6 is 11.3 Å². The first-order chi connectivity index (χ1) is 15.3. The van der Waals surface area contributed by atoms with Gasteiger partial charge in [-0.1, -0.05) is 49.4 Å². The Morgan fingerprint density at radius 2 is 1.84 bits per heavy atom. The van der Waals surface area contributed by atoms with Crippen molar-refractivity contribution in [3.8, 4) is 0 Å². The molecule has 0 saturated heterocycles. The van der Waals surface area contributed by atoms with Crippen LogP contribution in [0.25, 0.3) is 0 Å². The number of carbonyl (C=O) groups excluding carboxylic acids is 1. The van der Waals surface area contributed by atoms with Gasteiger partial charge in [-0.25, -0.2) is 15.3 Å². The third-order valence-corrected chi connectivity index (χ3v) is 5.92. The lowest BCUT2D eigenvalue weighted by Gasteiger charge is -2.17. The van der Waals surface area contributed by atoms with Gasteiger partial charge >= 0.3 is 16.3 Å². The summed E-state index contributed by atoms with van der Waals surface area (Å²) in [5.41, 5.74) is 5.33. The van der Waals surface area contributed by atoms with Crippen molar-refractivity contribution in [2.24, 2.45) is 0 Å². The van der Waals surface area contributed by atoms with E-state index in [1.807, 2.05) is 47.4 Å². The van der Waals surface area contributed by atoms with Crippen LogP contribution in [0.4, 0.5) is 10.5 Å². The van der Waals surface area contributed by atoms with Crippen molar-refractivity contribution in [3.05, 3.63) is 81.8 Å². The maximum atomic E-state index is 12.4. The predicted molar refractivity (Wildman–Crippen MR) is 122 cm³/mol. The molecule has 1 unspecified atom stereocenters. The van der Waals surface area contributed by atoms with Crippen molar-refractivity contribution in [2.45, 2.75) is 32.4 Å². The lowest BCUT2D eigenvalue weighted by Crippen LogP contribution is -2.38. The standard InChI is InChI=1S/C21H24N4O5S2/c1-2-17-14-31-20(22-17)19(12-15-8-10-18(11-9-15)25-32(27,28)29)23-21(26)24-30-13-16-6-4-3-5-7-16/h3-11,14,19,25H,2,12-13H2,1H3,(H2,23,24,26)(H,27,28,29). The van der Waals surface area contributed by atoms with E-state index >= 15 is 0 Å². The molecular formula is C21H24N4O5S2. The number of anilines is 1. The van der Waals surface area contributed by atoms with Gasteiger partial charge in [0.1, 0.15) is 5.01 Å². The fraction of sp³-hybridized carbons (Fsp3) is 0.238. The molecule has 3 aromatic rings. The molecule has 0 aliphatic rings. The highest BCUT2D eigenvalue weighted by Crippen LogP contribution is 2.23. The molecule has 0 aliphatic carbocycles. The molecule has 3 rings (SSSR count). The Morgan fingerprint density at radius 1 is 1.12 bits per heavy atom. The van der Waals surface area contributed by atoms with Crippen LogP contribution < -0.4 is 15.5 Å². The molecule has 0 aliphatic heterocycles. The number of benzene rings is 2. The van der Waals surface area contributed by atoms with Gasteiger partial charge in [-0.05, 0) is 36.1 Å². The molecule has 32 heavy (non-hydrogen) atoms. The zero-order valence-electron chi connectivity index (χ0n) is 17.3. The molecule has 4 N–H and O–H groups in total. The van der Waals surface area contributed by atoms with E-state index < -0.39 is 22.4 Å². The summed E-state index contributed by atoms with van der Waals surface area (Å²) in [6.45, 7) is 2.24. The first-order valence-electron chi connectivity index (χ1n) is 9.83. The second-order valence-electron chi connectivity index (χ2n) is 6.91. The van der Waals surface area contributed by atoms with Gasteiger partial charge in [-0.3, -0.25) is 14.1 Å². The van der Waals surface area contributed by atoms with Gasteiger partial charge in [0.15, 0.2) is 0 Å². The number of nitrogens with zero attached hydrogens (tertiary/aromatic N) is 1. The van der Waals surface area contributed by atoms with Crippen LogP contribution in [0.1, 0.15) is 34.8 Å². The van der Waals surface area contributed by atoms with E-state index in [9.17, 15) is 13.2 Å². The maximum absolute atomic E-state index is 12.4. The summed E-state index contributed by atoms with van der Waals surface area (Å²) in [5, 5.41) is 5.58. The smallest absolute Gasteiger partial charge is 0.327 e. The number of aromatic nitrogens is 1. The van der Waals surface area contributed by atoms with Gasteiger partial charge in [-0.2, -0.15) is 8.42 Å². The number of hydrogen-bond donors (Lipinski definition) is 4. The second kappa shape index (κ2) is 11.0. The third kappa shape index (κ3) is 7.61. The number of hydrogen-bond acceptors (Lipinski definition) is 6. The minimum atomic E-state index is -4.34. The summed E-state index contributed by atoms with van der Waals surface area (Å²) in [4.78, 5) is 22.3. The number of carbonyl (C=O) groups is 1. The molecular weight excluding hydrogens is 452 g/mol. The van der Waals surface area contributed by atoms with Crippen LogP contribution in [0.5, 0.6) is 0 Å². The van der Waals surface area contributed by atoms with Gasteiger partial charge in [0, 0.05) is 5.38 Å². The monoisotopic (exact) mass is 476 g/mol. The zero-order valence-corrected chi connectivity index (χ0v) is 18.9. The van der Waals surface area contributed by atoms with Gasteiger partial charge in [0.05, 0.1) is 24.0 Å². The molecule has 0 saturated carbocycles. The SMILES string of the molecule is CCc1csc(C(Cc2ccc(NS(=O)(=O)O)cc2)NC(=O)NOCc2ccccc2)n1. The molecule has 0 radical (unpaired) electrons. The molecule has 9 nitrogen and oxygen atoms in total. The summed E-state index contributed by atoms with van der Waals surface area (Å²) in [5.74, 6) is 0. The van der Waals surface area contributed by atoms with E-state index in [2.05, 4.69) is 15.8 Å². The summed E-state index contributed by atoms with van der Waals surface area (Å²) < 4.78 is 32.8. The predicted octanol–water partition coefficient (Wildman–Crippen LogP) is 3.64. The molecule has 1 atom stereocenters. The molecule has 1 aromatic heterocycles. The largest absolute Gasteiger partial charge is 0.357 e. The van der Waals surface area contributed by atoms with E-state index in [-0.39, 0.29) is 12.3 Å². The molecule has 0 bridgehead atoms. The number of urea groups is 1. The average Bonchev–Trinajstić information content (AvgIpc) is 3.24. The highest BCUT2D eigenvalue weighted by molar-refractivity contribution is 7.87. The van der Waals surface area contributed by atoms with Crippen LogP contribution in [0.15, 0.2) is 60.0 Å². The summed E-state index contributed by atoms with van der Waals surface area (Å²) in [6, 6.07) is 15.0. The van der Waals surface area contributed by atoms with Crippen LogP contribution in [0.2, 0.25) is 0 Å². The second-order valence-corrected chi connectivity index (χ2v) is 8.96. The Morgan fingerprint density at radius 3 is 2.47 bits per heavy atom. The molecule has 11 heteroatoms. The number of hydroxylamine groups is 1. The van der Waals surface area contributed by atoms with E-state index in [1.54, 1.807) is 12.1 Å². The highest BCUT2D eigenvalue weighted by Gasteiger charge is 2.19. The normalized spacial score (nSPS) is 12.2. The maximum Gasteiger partial charge on any atom is 0.357 e. The van der Waals surface area contributed by atoms with Crippen LogP contribution in [0, 0.1) is 0 Å². The van der Waals surface area contributed by atoms with E-state index in [0.29, 0.717) is 6.42 Å². The third-order valence-electron chi connectivity index (χ3n) is 4.42. The number of nitrogens with one attached hydrogen (secondary N) is 3. The van der Waals surface area contributed by atoms with Gasteiger partial charge in [-0.15, -0.1) is 11.3 Å². The molecule has 0 fully saturated rings. The Kier molecular flexibility index (Phi) is 8.17. The minimum Gasteiger partial charge on any atom is -0.327 e. The Bertz CT molecular complexity index is 1120. The van der Waals surface area contributed by atoms with Crippen LogP contribution in [0.3, 0.4) is 0 Å². The first kappa shape index (κ1) is 23.7. The highest BCUT2D eigenvalue weighted by atomic mass is 32.2. The van der Waals surface area contributed by atoms with E-state index in [4.69, 9.17) is 9.39 Å². The molecule has 0 spiro atoms. The Hall–Kier alpha value is -2.99. The first-order valence-corrected chi connectivity index (χ1v) is 12.1. The van der Waals surface area contributed by atoms with Gasteiger partial charge in [0.25, 0.3) is 0 Å². The number of thiazole rings is 1. The summed E-state index contributed by atoms with van der Waals surface area (Å²) in [7, 11) is -4.34. The van der Waals surface area contributed by atoms with Crippen molar-refractivity contribution >= 4 is 33.4 Å². The number of aryl methyl sites for hydroxylation is 1. The van der Waals surface area contributed by atoms with Crippen LogP contribution in [-0.4, -0.2) is 24.0 Å². The minimum absolute atomic E-state index is 0.232. The summed E-state index contributed by atoms with van der Waals surface area (Å²) in [6.07, 6.45) is 1.21. The lowest BCUT2D eigenvalue weighted by molar-refractivity contribution is 0.0481. The van der Waals surface area contributed by atoms with Crippen molar-refractivity contribution in [1.29, 1.82) is 0 Å². The average molecular weight is 477 g/mol. The van der Waals surface area contributed by atoms with Crippen molar-refractivity contribution in [2.75, 3.05) is 4.72 Å². The number of amides is 2. The van der Waals surface area contributed by atoms with Gasteiger partial charge in [0.2, 0.25) is 0 Å². The van der Waals surface area contributed by atoms with Crippen LogP contribution in [-0.2, 0) is 34.6 Å². The Labute approximate surface area is 190 Å². The Balaban J connectivity index is 1.64. The lowest BCUT2D eigenvalue weighted by atomic mass is 10.1. The molecule has 2 aromatic carbocycles. The fourth-order valence-electron chi connectivity index (χ4n) is 2.89. The van der Waals surface area contributed by atoms with Crippen molar-refractivity contribution < 1.29 is 22.6 Å². The molecule has 170 valence electrons. The summed E-state index contributed by atoms with van der Waals surface area (Å²) >= 11 is 1.46. The van der Waals surface area contributed by atoms with E-state index in [0.717, 1.165) is 28.2 Å².